The molecule has 0 aliphatic carbocycles. The maximum Gasteiger partial charge on any atom is 0.103 e. The molecule has 1 aromatic carbocycles. The summed E-state index contributed by atoms with van der Waals surface area (Å²) in [5.41, 5.74) is 7.88. The summed E-state index contributed by atoms with van der Waals surface area (Å²) in [7, 11) is 2.20. The van der Waals surface area contributed by atoms with Crippen LogP contribution in [0.4, 0.5) is 0 Å². The van der Waals surface area contributed by atoms with Crippen molar-refractivity contribution in [3.05, 3.63) is 35.4 Å². The second kappa shape index (κ2) is 7.16. The zero-order valence-corrected chi connectivity index (χ0v) is 13.3. The second-order valence-corrected chi connectivity index (χ2v) is 6.12. The quantitative estimate of drug-likeness (QED) is 0.815. The van der Waals surface area contributed by atoms with Crippen LogP contribution in [0.5, 0.6) is 0 Å². The minimum atomic E-state index is 0.467. The molecule has 0 bridgehead atoms. The molecule has 2 rings (SSSR count). The molecular weight excluding hydrogens is 266 g/mol. The van der Waals surface area contributed by atoms with Crippen LogP contribution in [0.15, 0.2) is 24.3 Å². The van der Waals surface area contributed by atoms with Gasteiger partial charge in [-0.1, -0.05) is 43.4 Å². The van der Waals surface area contributed by atoms with Crippen molar-refractivity contribution in [2.24, 2.45) is 5.73 Å². The van der Waals surface area contributed by atoms with Crippen molar-refractivity contribution in [2.75, 3.05) is 26.7 Å². The molecule has 0 spiro atoms. The average Bonchev–Trinajstić information content (AvgIpc) is 2.86. The normalized spacial score (nSPS) is 19.6. The Hall–Kier alpha value is -0.970. The molecule has 1 heterocycles. The molecule has 1 aliphatic heterocycles. The van der Waals surface area contributed by atoms with E-state index in [0.717, 1.165) is 24.7 Å². The number of nitrogens with two attached hydrogens (primary N) is 1. The van der Waals surface area contributed by atoms with Gasteiger partial charge in [0, 0.05) is 24.7 Å². The van der Waals surface area contributed by atoms with Gasteiger partial charge in [-0.15, -0.1) is 0 Å². The molecule has 1 saturated heterocycles. The molecule has 0 aromatic heterocycles. The van der Waals surface area contributed by atoms with Crippen LogP contribution >= 0.6 is 12.2 Å². The number of hydrogen-bond donors (Lipinski definition) is 1. The van der Waals surface area contributed by atoms with Crippen LogP contribution in [0, 0.1) is 0 Å². The van der Waals surface area contributed by atoms with Crippen LogP contribution in [-0.4, -0.2) is 47.5 Å². The Kier molecular flexibility index (Phi) is 5.52. The topological polar surface area (TPSA) is 32.5 Å². The highest BCUT2D eigenvalue weighted by atomic mass is 32.1. The van der Waals surface area contributed by atoms with Crippen molar-refractivity contribution in [3.63, 3.8) is 0 Å². The summed E-state index contributed by atoms with van der Waals surface area (Å²) in [6.45, 7) is 6.81. The van der Waals surface area contributed by atoms with Crippen LogP contribution < -0.4 is 5.73 Å². The fraction of sp³-hybridized carbons (Fsp3) is 0.562. The summed E-state index contributed by atoms with van der Waals surface area (Å²) < 4.78 is 0. The van der Waals surface area contributed by atoms with E-state index in [-0.39, 0.29) is 0 Å². The van der Waals surface area contributed by atoms with Crippen molar-refractivity contribution < 1.29 is 0 Å². The maximum absolute atomic E-state index is 5.62. The SMILES string of the molecule is CCN1CCCC1CN(C)Cc1ccc(C(N)=S)cc1. The molecule has 0 saturated carbocycles. The van der Waals surface area contributed by atoms with Gasteiger partial charge in [0.25, 0.3) is 0 Å². The van der Waals surface area contributed by atoms with Crippen LogP contribution in [0.25, 0.3) is 0 Å². The number of nitrogens with zero attached hydrogens (tertiary/aromatic N) is 2. The number of hydrogen-bond acceptors (Lipinski definition) is 3. The lowest BCUT2D eigenvalue weighted by Crippen LogP contribution is -2.38. The number of benzene rings is 1. The lowest BCUT2D eigenvalue weighted by Gasteiger charge is -2.27. The standard InChI is InChI=1S/C16H25N3S/c1-3-19-10-4-5-15(19)12-18(2)11-13-6-8-14(9-7-13)16(17)20/h6-9,15H,3-5,10-12H2,1-2H3,(H2,17,20). The number of likely N-dealkylation sites (tertiary alicyclic amines) is 1. The molecular formula is C16H25N3S. The summed E-state index contributed by atoms with van der Waals surface area (Å²) >= 11 is 4.98. The van der Waals surface area contributed by atoms with E-state index in [4.69, 9.17) is 18.0 Å². The zero-order chi connectivity index (χ0) is 14.5. The Labute approximate surface area is 127 Å². The molecule has 4 heteroatoms. The Morgan fingerprint density at radius 1 is 1.40 bits per heavy atom. The number of likely N-dealkylation sites (N-methyl/N-ethyl adjacent to an activating group) is 2. The van der Waals surface area contributed by atoms with Gasteiger partial charge in [-0.05, 0) is 38.5 Å². The van der Waals surface area contributed by atoms with E-state index in [1.807, 2.05) is 12.1 Å². The smallest absolute Gasteiger partial charge is 0.103 e. The molecule has 0 radical (unpaired) electrons. The average molecular weight is 291 g/mol. The third kappa shape index (κ3) is 4.01. The summed E-state index contributed by atoms with van der Waals surface area (Å²) in [5.74, 6) is 0. The first-order valence-corrected chi connectivity index (χ1v) is 7.82. The van der Waals surface area contributed by atoms with Gasteiger partial charge in [-0.25, -0.2) is 0 Å². The van der Waals surface area contributed by atoms with E-state index in [1.165, 1.54) is 31.5 Å². The lowest BCUT2D eigenvalue weighted by molar-refractivity contribution is 0.195. The minimum absolute atomic E-state index is 0.467. The van der Waals surface area contributed by atoms with E-state index < -0.39 is 0 Å². The van der Waals surface area contributed by atoms with Crippen molar-refractivity contribution in [3.8, 4) is 0 Å². The molecule has 1 aromatic rings. The minimum Gasteiger partial charge on any atom is -0.389 e. The summed E-state index contributed by atoms with van der Waals surface area (Å²) in [6.07, 6.45) is 2.67. The first-order valence-electron chi connectivity index (χ1n) is 7.41. The van der Waals surface area contributed by atoms with Crippen LogP contribution in [0.3, 0.4) is 0 Å². The third-order valence-corrected chi connectivity index (χ3v) is 4.35. The zero-order valence-electron chi connectivity index (χ0n) is 12.5. The highest BCUT2D eigenvalue weighted by molar-refractivity contribution is 7.80. The monoisotopic (exact) mass is 291 g/mol. The van der Waals surface area contributed by atoms with E-state index in [0.29, 0.717) is 4.99 Å². The van der Waals surface area contributed by atoms with Crippen LogP contribution in [0.1, 0.15) is 30.9 Å². The van der Waals surface area contributed by atoms with Crippen molar-refractivity contribution >= 4 is 17.2 Å². The summed E-state index contributed by atoms with van der Waals surface area (Å²) in [5, 5.41) is 0. The summed E-state index contributed by atoms with van der Waals surface area (Å²) in [4.78, 5) is 5.47. The fourth-order valence-electron chi connectivity index (χ4n) is 3.03. The van der Waals surface area contributed by atoms with Crippen LogP contribution in [-0.2, 0) is 6.54 Å². The Morgan fingerprint density at radius 3 is 2.70 bits per heavy atom. The van der Waals surface area contributed by atoms with E-state index in [1.54, 1.807) is 0 Å². The Bertz CT molecular complexity index is 444. The molecule has 1 aliphatic rings. The Balaban J connectivity index is 1.87. The van der Waals surface area contributed by atoms with Crippen molar-refractivity contribution in [1.82, 2.24) is 9.80 Å². The molecule has 110 valence electrons. The largest absolute Gasteiger partial charge is 0.389 e. The molecule has 1 atom stereocenters. The summed E-state index contributed by atoms with van der Waals surface area (Å²) in [6, 6.07) is 8.99. The third-order valence-electron chi connectivity index (χ3n) is 4.12. The molecule has 0 amide bonds. The highest BCUT2D eigenvalue weighted by Crippen LogP contribution is 2.18. The second-order valence-electron chi connectivity index (χ2n) is 5.68. The van der Waals surface area contributed by atoms with Gasteiger partial charge in [0.15, 0.2) is 0 Å². The lowest BCUT2D eigenvalue weighted by atomic mass is 10.1. The van der Waals surface area contributed by atoms with Gasteiger partial charge < -0.3 is 10.6 Å². The molecule has 1 unspecified atom stereocenters. The van der Waals surface area contributed by atoms with Crippen molar-refractivity contribution in [1.29, 1.82) is 0 Å². The van der Waals surface area contributed by atoms with Gasteiger partial charge in [0.05, 0.1) is 0 Å². The fourth-order valence-corrected chi connectivity index (χ4v) is 3.16. The molecule has 2 N–H and O–H groups in total. The molecule has 20 heavy (non-hydrogen) atoms. The van der Waals surface area contributed by atoms with Gasteiger partial charge in [-0.2, -0.15) is 0 Å². The van der Waals surface area contributed by atoms with Crippen molar-refractivity contribution in [2.45, 2.75) is 32.4 Å². The van der Waals surface area contributed by atoms with E-state index in [9.17, 15) is 0 Å². The van der Waals surface area contributed by atoms with Gasteiger partial charge in [-0.3, -0.25) is 4.90 Å². The van der Waals surface area contributed by atoms with E-state index in [2.05, 4.69) is 35.9 Å². The Morgan fingerprint density at radius 2 is 2.10 bits per heavy atom. The van der Waals surface area contributed by atoms with Gasteiger partial charge in [0.1, 0.15) is 4.99 Å². The van der Waals surface area contributed by atoms with E-state index >= 15 is 0 Å². The first-order chi connectivity index (χ1) is 9.60. The predicted octanol–water partition coefficient (Wildman–Crippen LogP) is 2.24. The van der Waals surface area contributed by atoms with Crippen LogP contribution in [0.2, 0.25) is 0 Å². The highest BCUT2D eigenvalue weighted by Gasteiger charge is 2.23. The molecule has 3 nitrogen and oxygen atoms in total. The molecule has 1 fully saturated rings. The predicted molar refractivity (Wildman–Crippen MR) is 88.9 cm³/mol. The van der Waals surface area contributed by atoms with Gasteiger partial charge >= 0.3 is 0 Å². The number of rotatable bonds is 6. The maximum atomic E-state index is 5.62. The van der Waals surface area contributed by atoms with Gasteiger partial charge in [0.2, 0.25) is 0 Å². The first kappa shape index (κ1) is 15.4. The number of thiocarbonyl (C=S) groups is 1.